The number of fused-ring (bicyclic) bond motifs is 5. The van der Waals surface area contributed by atoms with Gasteiger partial charge in [-0.25, -0.2) is 0 Å². The summed E-state index contributed by atoms with van der Waals surface area (Å²) in [6.45, 7) is 3.71. The fourth-order valence-electron chi connectivity index (χ4n) is 8.50. The molecule has 4 aliphatic carbocycles. The number of carbonyl (C=O) groups is 5. The minimum Gasteiger partial charge on any atom is -0.508 e. The molecule has 1 amide bonds. The zero-order chi connectivity index (χ0) is 30.3. The van der Waals surface area contributed by atoms with Crippen molar-refractivity contribution in [1.29, 1.82) is 0 Å². The molecule has 0 saturated heterocycles. The van der Waals surface area contributed by atoms with Gasteiger partial charge in [-0.15, -0.1) is 0 Å². The van der Waals surface area contributed by atoms with Gasteiger partial charge in [0.2, 0.25) is 11.7 Å². The van der Waals surface area contributed by atoms with Crippen LogP contribution >= 0.6 is 0 Å². The highest BCUT2D eigenvalue weighted by Gasteiger charge is 2.68. The molecule has 9 nitrogen and oxygen atoms in total. The topological polar surface area (TPSA) is 147 Å². The molecule has 3 N–H and O–H groups in total. The van der Waals surface area contributed by atoms with Gasteiger partial charge in [-0.05, 0) is 79.5 Å². The summed E-state index contributed by atoms with van der Waals surface area (Å²) in [5.41, 5.74) is -1.06. The van der Waals surface area contributed by atoms with E-state index in [9.17, 15) is 34.2 Å². The Kier molecular flexibility index (Phi) is 8.18. The number of nitrogens with one attached hydrogen (secondary N) is 1. The van der Waals surface area contributed by atoms with Gasteiger partial charge in [-0.1, -0.05) is 31.6 Å². The van der Waals surface area contributed by atoms with Crippen molar-refractivity contribution in [2.24, 2.45) is 28.6 Å². The lowest BCUT2D eigenvalue weighted by atomic mass is 9.46. The second-order valence-electron chi connectivity index (χ2n) is 13.1. The number of phenols is 1. The summed E-state index contributed by atoms with van der Waals surface area (Å²) in [5, 5.41) is 23.8. The van der Waals surface area contributed by atoms with Gasteiger partial charge in [0.25, 0.3) is 0 Å². The summed E-state index contributed by atoms with van der Waals surface area (Å²) in [6, 6.07) is 6.68. The molecule has 0 heterocycles. The summed E-state index contributed by atoms with van der Waals surface area (Å²) >= 11 is 0. The number of benzene rings is 1. The predicted molar refractivity (Wildman–Crippen MR) is 152 cm³/mol. The standard InChI is InChI=1S/C33H41NO8/c1-31-14-11-23(36)17-21(31)5-8-24-25-12-15-33(41,32(25,2)18-26(37)30(24)31)27(38)19-42-29(40)10-9-28(39)34-16-13-20-3-6-22(35)7-4-20/h3-4,6-7,17,24-25,30,35,41H,5,8-16,18-19H2,1-2H3,(H,34,39)/t24-,25-,30-,31-,32-,33-/m0/s1. The summed E-state index contributed by atoms with van der Waals surface area (Å²) in [4.78, 5) is 63.7. The first-order valence-corrected chi connectivity index (χ1v) is 15.1. The van der Waals surface area contributed by atoms with Gasteiger partial charge in [0.15, 0.2) is 12.4 Å². The first-order chi connectivity index (χ1) is 19.9. The molecule has 226 valence electrons. The number of aliphatic hydroxyl groups is 1. The molecule has 5 rings (SSSR count). The number of amides is 1. The Morgan fingerprint density at radius 1 is 1.02 bits per heavy atom. The number of Topliss-reactive ketones (excluding diaryl/α,β-unsaturated/α-hetero) is 2. The van der Waals surface area contributed by atoms with Gasteiger partial charge >= 0.3 is 5.97 Å². The third kappa shape index (κ3) is 5.32. The molecule has 0 bridgehead atoms. The summed E-state index contributed by atoms with van der Waals surface area (Å²) in [7, 11) is 0. The Balaban J connectivity index is 1.14. The second-order valence-corrected chi connectivity index (χ2v) is 13.1. The van der Waals surface area contributed by atoms with E-state index in [-0.39, 0.29) is 72.1 Å². The molecule has 1 aromatic carbocycles. The molecule has 0 radical (unpaired) electrons. The van der Waals surface area contributed by atoms with Gasteiger partial charge in [-0.2, -0.15) is 0 Å². The molecule has 9 heteroatoms. The quantitative estimate of drug-likeness (QED) is 0.377. The van der Waals surface area contributed by atoms with Crippen LogP contribution in [0.2, 0.25) is 0 Å². The second kappa shape index (κ2) is 11.4. The van der Waals surface area contributed by atoms with Gasteiger partial charge in [-0.3, -0.25) is 24.0 Å². The van der Waals surface area contributed by atoms with Crippen LogP contribution in [-0.4, -0.2) is 58.2 Å². The number of hydrogen-bond donors (Lipinski definition) is 3. The molecule has 42 heavy (non-hydrogen) atoms. The normalized spacial score (nSPS) is 33.6. The van der Waals surface area contributed by atoms with Crippen LogP contribution in [0.25, 0.3) is 0 Å². The summed E-state index contributed by atoms with van der Waals surface area (Å²) in [5.74, 6) is -1.50. The third-order valence-electron chi connectivity index (χ3n) is 10.9. The largest absolute Gasteiger partial charge is 0.508 e. The van der Waals surface area contributed by atoms with E-state index in [2.05, 4.69) is 12.2 Å². The van der Waals surface area contributed by atoms with E-state index in [1.165, 1.54) is 0 Å². The zero-order valence-corrected chi connectivity index (χ0v) is 24.4. The minimum absolute atomic E-state index is 0.0221. The van der Waals surface area contributed by atoms with Crippen LogP contribution in [0.5, 0.6) is 5.75 Å². The van der Waals surface area contributed by atoms with E-state index in [0.29, 0.717) is 32.2 Å². The van der Waals surface area contributed by atoms with Crippen molar-refractivity contribution in [3.8, 4) is 5.75 Å². The van der Waals surface area contributed by atoms with E-state index in [1.807, 2.05) is 6.92 Å². The average molecular weight is 580 g/mol. The number of allylic oxidation sites excluding steroid dienone is 1. The average Bonchev–Trinajstić information content (AvgIpc) is 3.22. The molecule has 3 saturated carbocycles. The van der Waals surface area contributed by atoms with Crippen LogP contribution < -0.4 is 5.32 Å². The molecule has 6 atom stereocenters. The van der Waals surface area contributed by atoms with Crippen molar-refractivity contribution in [3.05, 3.63) is 41.5 Å². The van der Waals surface area contributed by atoms with Crippen molar-refractivity contribution < 1.29 is 38.9 Å². The van der Waals surface area contributed by atoms with Crippen molar-refractivity contribution in [2.75, 3.05) is 13.2 Å². The lowest BCUT2D eigenvalue weighted by molar-refractivity contribution is -0.173. The van der Waals surface area contributed by atoms with Crippen LogP contribution in [0.1, 0.15) is 77.2 Å². The summed E-state index contributed by atoms with van der Waals surface area (Å²) < 4.78 is 5.20. The fourth-order valence-corrected chi connectivity index (χ4v) is 8.50. The molecular weight excluding hydrogens is 538 g/mol. The molecular formula is C33H41NO8. The van der Waals surface area contributed by atoms with E-state index in [4.69, 9.17) is 4.74 Å². The molecule has 1 aromatic rings. The van der Waals surface area contributed by atoms with Gasteiger partial charge in [0.05, 0.1) is 6.42 Å². The number of hydrogen-bond acceptors (Lipinski definition) is 8. The van der Waals surface area contributed by atoms with E-state index in [1.54, 1.807) is 30.3 Å². The van der Waals surface area contributed by atoms with Crippen LogP contribution in [0.4, 0.5) is 0 Å². The lowest BCUT2D eigenvalue weighted by Crippen LogP contribution is -2.61. The van der Waals surface area contributed by atoms with Gasteiger partial charge < -0.3 is 20.3 Å². The number of phenolic OH excluding ortho intramolecular Hbond substituents is 1. The Morgan fingerprint density at radius 2 is 1.76 bits per heavy atom. The number of esters is 1. The van der Waals surface area contributed by atoms with Gasteiger partial charge in [0.1, 0.15) is 17.1 Å². The summed E-state index contributed by atoms with van der Waals surface area (Å²) in [6.07, 6.45) is 5.52. The SMILES string of the molecule is C[C@]12CCC(=O)C=C1CC[C@@H]1[C@H]2C(=O)C[C@@]2(C)[C@H]1CC[C@]2(O)C(=O)COC(=O)CCC(=O)NCCc1ccc(O)cc1. The van der Waals surface area contributed by atoms with Crippen LogP contribution in [0.3, 0.4) is 0 Å². The van der Waals surface area contributed by atoms with E-state index >= 15 is 0 Å². The lowest BCUT2D eigenvalue weighted by Gasteiger charge is -2.57. The van der Waals surface area contributed by atoms with Crippen molar-refractivity contribution in [2.45, 2.75) is 83.7 Å². The predicted octanol–water partition coefficient (Wildman–Crippen LogP) is 3.39. The third-order valence-corrected chi connectivity index (χ3v) is 10.9. The Hall–Kier alpha value is -3.33. The number of ether oxygens (including phenoxy) is 1. The Bertz CT molecular complexity index is 1320. The number of aromatic hydroxyl groups is 1. The maximum atomic E-state index is 13.7. The first kappa shape index (κ1) is 30.1. The van der Waals surface area contributed by atoms with Gasteiger partial charge in [0, 0.05) is 37.1 Å². The fraction of sp³-hybridized carbons (Fsp3) is 0.606. The molecule has 3 fully saturated rings. The molecule has 0 unspecified atom stereocenters. The van der Waals surface area contributed by atoms with Crippen LogP contribution in [-0.2, 0) is 35.1 Å². The highest BCUT2D eigenvalue weighted by atomic mass is 16.5. The highest BCUT2D eigenvalue weighted by molar-refractivity contribution is 5.95. The Morgan fingerprint density at radius 3 is 2.50 bits per heavy atom. The van der Waals surface area contributed by atoms with Crippen molar-refractivity contribution in [3.63, 3.8) is 0 Å². The smallest absolute Gasteiger partial charge is 0.306 e. The molecule has 4 aliphatic rings. The van der Waals surface area contributed by atoms with Crippen molar-refractivity contribution >= 4 is 29.2 Å². The van der Waals surface area contributed by atoms with Crippen LogP contribution in [0.15, 0.2) is 35.9 Å². The highest BCUT2D eigenvalue weighted by Crippen LogP contribution is 2.66. The molecule has 0 aromatic heterocycles. The van der Waals surface area contributed by atoms with Crippen LogP contribution in [0, 0.1) is 28.6 Å². The molecule has 0 spiro atoms. The molecule has 0 aliphatic heterocycles. The van der Waals surface area contributed by atoms with E-state index < -0.39 is 29.4 Å². The maximum Gasteiger partial charge on any atom is 0.306 e. The number of carbonyl (C=O) groups excluding carboxylic acids is 5. The zero-order valence-electron chi connectivity index (χ0n) is 24.4. The number of ketones is 3. The first-order valence-electron chi connectivity index (χ1n) is 15.1. The van der Waals surface area contributed by atoms with Crippen molar-refractivity contribution in [1.82, 2.24) is 5.32 Å². The minimum atomic E-state index is -1.77. The number of rotatable bonds is 9. The van der Waals surface area contributed by atoms with E-state index in [0.717, 1.165) is 24.0 Å². The maximum absolute atomic E-state index is 13.7. The monoisotopic (exact) mass is 579 g/mol. The Labute approximate surface area is 246 Å².